The van der Waals surface area contributed by atoms with Crippen LogP contribution in [0.15, 0.2) is 84.9 Å². The summed E-state index contributed by atoms with van der Waals surface area (Å²) in [6.45, 7) is 7.15. The Morgan fingerprint density at radius 3 is 2.27 bits per heavy atom. The highest BCUT2D eigenvalue weighted by atomic mass is 16.7. The third-order valence-electron chi connectivity index (χ3n) is 18.0. The van der Waals surface area contributed by atoms with Crippen LogP contribution >= 0.6 is 0 Å². The minimum atomic E-state index is -2.13. The number of morpholine rings is 1. The van der Waals surface area contributed by atoms with E-state index in [-0.39, 0.29) is 109 Å². The van der Waals surface area contributed by atoms with Gasteiger partial charge in [-0.15, -0.1) is 0 Å². The van der Waals surface area contributed by atoms with Gasteiger partial charge in [-0.25, -0.2) is 4.79 Å². The molecule has 10 rings (SSSR count). The standard InChI is InChI=1S/C68H77N5O19/c1-36(2)27-42(30-49(76)47(28-39-15-8-6-9-16-39)70-51(77)21-10-7-13-24-73-52(78)22-23-53(73)79)64(84)69-34-43(75)29-40-17-11-12-18-41(40)35-89-67(85)71-46-20-14-19-44-55(46)61(82)58-57(59(44)80)60(81)45-32-68(86,38(4)74)33-50(56(45)62(58)83)91-54-31-48-63(37(3)90-54)92-65-66(87-5)88-26-25-72(48)65/h6,8-9,11-12,14-20,22-23,36-37,42,47-48,50,54,63,65-66,81,83,86H,7,10,13,21,24-35H2,1-5H3,(H,69,84)(H,70,77)(H,71,85)/t37-,42+,47-,48-,50-,54?,63+,65+,66-,68-/m0/s1. The molecule has 4 aromatic carbocycles. The van der Waals surface area contributed by atoms with Crippen LogP contribution in [0.3, 0.4) is 0 Å². The summed E-state index contributed by atoms with van der Waals surface area (Å²) in [7, 11) is 1.52. The van der Waals surface area contributed by atoms with Gasteiger partial charge in [-0.3, -0.25) is 58.3 Å². The maximum Gasteiger partial charge on any atom is 0.411 e. The van der Waals surface area contributed by atoms with Gasteiger partial charge in [0.1, 0.15) is 29.8 Å². The van der Waals surface area contributed by atoms with Gasteiger partial charge >= 0.3 is 6.09 Å². The van der Waals surface area contributed by atoms with E-state index in [1.165, 1.54) is 44.4 Å². The molecule has 488 valence electrons. The number of ketones is 5. The molecule has 0 aromatic heterocycles. The summed E-state index contributed by atoms with van der Waals surface area (Å²) in [6.07, 6.45) is -2.13. The zero-order chi connectivity index (χ0) is 65.7. The van der Waals surface area contributed by atoms with E-state index < -0.39 is 132 Å². The molecule has 5 amide bonds. The first-order valence-electron chi connectivity index (χ1n) is 31.2. The van der Waals surface area contributed by atoms with Crippen LogP contribution < -0.4 is 16.0 Å². The number of phenolic OH excluding ortho intramolecular Hbond substituents is 2. The Labute approximate surface area is 531 Å². The molecule has 3 saturated heterocycles. The molecule has 6 aliphatic rings. The van der Waals surface area contributed by atoms with Crippen LogP contribution in [0.1, 0.15) is 145 Å². The number of carbonyl (C=O) groups is 10. The lowest BCUT2D eigenvalue weighted by Crippen LogP contribution is -2.55. The predicted molar refractivity (Wildman–Crippen MR) is 327 cm³/mol. The number of Topliss-reactive ketones (excluding diaryl/α,β-unsaturated/α-hetero) is 3. The third-order valence-corrected chi connectivity index (χ3v) is 18.0. The summed E-state index contributed by atoms with van der Waals surface area (Å²) < 4.78 is 36.1. The van der Waals surface area contributed by atoms with Crippen LogP contribution in [-0.4, -0.2) is 166 Å². The van der Waals surface area contributed by atoms with Crippen molar-refractivity contribution in [3.05, 3.63) is 135 Å². The molecule has 24 heteroatoms. The molecular weight excluding hydrogens is 1190 g/mol. The fraction of sp³-hybridized carbons (Fsp3) is 0.471. The zero-order valence-electron chi connectivity index (χ0n) is 51.9. The average molecular weight is 1270 g/mol. The van der Waals surface area contributed by atoms with Crippen molar-refractivity contribution in [3.63, 3.8) is 0 Å². The first kappa shape index (κ1) is 66.6. The quantitative estimate of drug-likeness (QED) is 0.0225. The van der Waals surface area contributed by atoms with E-state index in [0.29, 0.717) is 50.0 Å². The van der Waals surface area contributed by atoms with Crippen LogP contribution in [-0.2, 0) is 87.9 Å². The molecule has 0 spiro atoms. The van der Waals surface area contributed by atoms with Gasteiger partial charge in [-0.1, -0.05) is 87.0 Å². The lowest BCUT2D eigenvalue weighted by molar-refractivity contribution is -0.256. The number of hydrogen-bond donors (Lipinski definition) is 6. The Kier molecular flexibility index (Phi) is 20.7. The molecule has 3 fully saturated rings. The van der Waals surface area contributed by atoms with E-state index in [0.717, 1.165) is 10.5 Å². The monoisotopic (exact) mass is 1270 g/mol. The number of unbranched alkanes of at least 4 members (excludes halogenated alkanes) is 2. The summed E-state index contributed by atoms with van der Waals surface area (Å²) >= 11 is 0. The number of carbonyl (C=O) groups excluding carboxylic acids is 10. The number of anilines is 1. The Morgan fingerprint density at radius 1 is 0.837 bits per heavy atom. The van der Waals surface area contributed by atoms with Gasteiger partial charge in [0, 0.05) is 99.5 Å². The van der Waals surface area contributed by atoms with Crippen molar-refractivity contribution in [1.82, 2.24) is 20.4 Å². The van der Waals surface area contributed by atoms with E-state index in [4.69, 9.17) is 28.4 Å². The summed E-state index contributed by atoms with van der Waals surface area (Å²) in [4.78, 5) is 138. The highest BCUT2D eigenvalue weighted by Gasteiger charge is 2.55. The lowest BCUT2D eigenvalue weighted by Gasteiger charge is -2.43. The Hall–Kier alpha value is -8.36. The molecule has 0 bridgehead atoms. The van der Waals surface area contributed by atoms with Gasteiger partial charge in [0.25, 0.3) is 11.8 Å². The van der Waals surface area contributed by atoms with E-state index in [1.807, 2.05) is 44.2 Å². The predicted octanol–water partition coefficient (Wildman–Crippen LogP) is 5.54. The van der Waals surface area contributed by atoms with Crippen molar-refractivity contribution in [2.24, 2.45) is 11.8 Å². The Morgan fingerprint density at radius 2 is 1.55 bits per heavy atom. The van der Waals surface area contributed by atoms with Gasteiger partial charge in [-0.2, -0.15) is 0 Å². The lowest BCUT2D eigenvalue weighted by atomic mass is 9.72. The molecule has 24 nitrogen and oxygen atoms in total. The molecule has 6 N–H and O–H groups in total. The number of aromatic hydroxyl groups is 2. The second-order valence-electron chi connectivity index (χ2n) is 24.8. The van der Waals surface area contributed by atoms with Crippen LogP contribution in [0.2, 0.25) is 0 Å². The molecule has 4 aromatic rings. The molecule has 4 heterocycles. The number of nitrogens with one attached hydrogen (secondary N) is 3. The fourth-order valence-corrected chi connectivity index (χ4v) is 13.3. The molecule has 0 radical (unpaired) electrons. The third kappa shape index (κ3) is 14.5. The highest BCUT2D eigenvalue weighted by Crippen LogP contribution is 2.53. The second-order valence-corrected chi connectivity index (χ2v) is 24.8. The molecule has 4 aliphatic heterocycles. The van der Waals surface area contributed by atoms with Gasteiger partial charge in [-0.05, 0) is 68.2 Å². The van der Waals surface area contributed by atoms with E-state index in [1.54, 1.807) is 31.2 Å². The van der Waals surface area contributed by atoms with Crippen LogP contribution in [0.4, 0.5) is 10.5 Å². The number of rotatable bonds is 26. The van der Waals surface area contributed by atoms with Crippen molar-refractivity contribution in [1.29, 1.82) is 0 Å². The summed E-state index contributed by atoms with van der Waals surface area (Å²) in [5.74, 6) is -7.24. The smallest absolute Gasteiger partial charge is 0.411 e. The van der Waals surface area contributed by atoms with E-state index in [2.05, 4.69) is 20.9 Å². The fourth-order valence-electron chi connectivity index (χ4n) is 13.3. The summed E-state index contributed by atoms with van der Waals surface area (Å²) in [6, 6.07) is 18.6. The topological polar surface area (TPSA) is 329 Å². The van der Waals surface area contributed by atoms with Crippen LogP contribution in [0.5, 0.6) is 11.5 Å². The first-order chi connectivity index (χ1) is 44.0. The van der Waals surface area contributed by atoms with E-state index in [9.17, 15) is 63.3 Å². The maximum atomic E-state index is 14.8. The van der Waals surface area contributed by atoms with Gasteiger partial charge < -0.3 is 54.4 Å². The molecule has 0 saturated carbocycles. The van der Waals surface area contributed by atoms with Gasteiger partial charge in [0.2, 0.25) is 11.8 Å². The number of amides is 5. The van der Waals surface area contributed by atoms with Crippen molar-refractivity contribution >= 4 is 64.3 Å². The summed E-state index contributed by atoms with van der Waals surface area (Å²) in [5.41, 5.74) is -2.65. The SMILES string of the molecule is CO[C@H]1OCCN2[C@@H]1O[C@@H]1[C@H](C)OC(O[C@H]3C[C@](O)(C(C)=O)Cc4c(O)c5c(c(O)c43)C(=O)c3c(NC(=O)OCc4ccccc4CC(=O)CNC(=O)[C@@H](CC(=O)[C@H](Cc4ccccc4)NC(=O)CCCCCN4C(=O)C=CC4=O)CC(C)C)cccc3C5=O)C[C@@H]12. The second kappa shape index (κ2) is 28.7. The largest absolute Gasteiger partial charge is 0.507 e. The number of nitrogens with zero attached hydrogens (tertiary/aromatic N) is 2. The molecule has 10 atom stereocenters. The van der Waals surface area contributed by atoms with Crippen molar-refractivity contribution in [3.8, 4) is 11.5 Å². The van der Waals surface area contributed by atoms with Crippen molar-refractivity contribution in [2.45, 2.75) is 160 Å². The summed E-state index contributed by atoms with van der Waals surface area (Å²) in [5, 5.41) is 44.3. The normalized spacial score (nSPS) is 23.8. The number of imide groups is 1. The molecule has 2 aliphatic carbocycles. The number of methoxy groups -OCH3 is 1. The van der Waals surface area contributed by atoms with E-state index >= 15 is 0 Å². The van der Waals surface area contributed by atoms with Crippen LogP contribution in [0, 0.1) is 11.8 Å². The zero-order valence-corrected chi connectivity index (χ0v) is 51.9. The van der Waals surface area contributed by atoms with Crippen molar-refractivity contribution in [2.75, 3.05) is 38.7 Å². The molecule has 1 unspecified atom stereocenters. The van der Waals surface area contributed by atoms with Gasteiger partial charge in [0.05, 0.1) is 53.8 Å². The number of hydrogen-bond acceptors (Lipinski definition) is 20. The highest BCUT2D eigenvalue weighted by molar-refractivity contribution is 6.32. The number of phenols is 2. The maximum absolute atomic E-state index is 14.8. The number of fused-ring (bicyclic) bond motifs is 6. The average Bonchev–Trinajstić information content (AvgIpc) is 0.803. The molecule has 92 heavy (non-hydrogen) atoms. The molecular formula is C68H77N5O19. The Balaban J connectivity index is 0.770. The number of benzene rings is 4. The van der Waals surface area contributed by atoms with Crippen molar-refractivity contribution < 1.29 is 91.7 Å². The van der Waals surface area contributed by atoms with Gasteiger partial charge in [0.15, 0.2) is 47.7 Å². The number of aliphatic hydroxyl groups is 1. The Bertz CT molecular complexity index is 3570. The minimum Gasteiger partial charge on any atom is -0.507 e. The van der Waals surface area contributed by atoms with Crippen LogP contribution in [0.25, 0.3) is 0 Å². The number of ether oxygens (including phenoxy) is 6. The first-order valence-corrected chi connectivity index (χ1v) is 31.2. The minimum absolute atomic E-state index is 0.0215.